The van der Waals surface area contributed by atoms with Crippen LogP contribution in [0.4, 0.5) is 0 Å². The second-order valence-corrected chi connectivity index (χ2v) is 6.66. The lowest BCUT2D eigenvalue weighted by atomic mass is 9.92. The molecule has 0 aromatic heterocycles. The maximum atomic E-state index is 12.9. The van der Waals surface area contributed by atoms with Crippen molar-refractivity contribution in [3.05, 3.63) is 29.8 Å². The Balaban J connectivity index is 2.06. The van der Waals surface area contributed by atoms with Gasteiger partial charge in [-0.3, -0.25) is 4.79 Å². The third-order valence-electron chi connectivity index (χ3n) is 4.40. The van der Waals surface area contributed by atoms with E-state index >= 15 is 0 Å². The minimum atomic E-state index is 0.0517. The first kappa shape index (κ1) is 17.8. The predicted molar refractivity (Wildman–Crippen MR) is 92.8 cm³/mol. The number of likely N-dealkylation sites (tertiary alicyclic amines) is 1. The Hall–Kier alpha value is -1.59. The fourth-order valence-electron chi connectivity index (χ4n) is 2.90. The van der Waals surface area contributed by atoms with Crippen molar-refractivity contribution in [3.63, 3.8) is 0 Å². The number of nitrogens with two attached hydrogens (primary N) is 1. The largest absolute Gasteiger partial charge is 0.491 e. The second-order valence-electron chi connectivity index (χ2n) is 6.66. The van der Waals surface area contributed by atoms with Gasteiger partial charge in [0.15, 0.2) is 0 Å². The van der Waals surface area contributed by atoms with Gasteiger partial charge < -0.3 is 20.3 Å². The van der Waals surface area contributed by atoms with E-state index in [1.54, 1.807) is 0 Å². The number of piperidine rings is 1. The van der Waals surface area contributed by atoms with Crippen LogP contribution in [-0.2, 0) is 0 Å². The topological polar surface area (TPSA) is 58.8 Å². The summed E-state index contributed by atoms with van der Waals surface area (Å²) >= 11 is 0. The van der Waals surface area contributed by atoms with Crippen molar-refractivity contribution in [2.24, 2.45) is 11.7 Å². The van der Waals surface area contributed by atoms with E-state index in [4.69, 9.17) is 10.5 Å². The number of hydrogen-bond acceptors (Lipinski definition) is 4. The zero-order valence-electron chi connectivity index (χ0n) is 14.5. The summed E-state index contributed by atoms with van der Waals surface area (Å²) < 4.78 is 5.82. The molecule has 0 saturated carbocycles. The minimum absolute atomic E-state index is 0.0517. The highest BCUT2D eigenvalue weighted by molar-refractivity contribution is 5.97. The third-order valence-corrected chi connectivity index (χ3v) is 4.40. The van der Waals surface area contributed by atoms with Gasteiger partial charge in [0, 0.05) is 25.7 Å². The molecule has 0 spiro atoms. The van der Waals surface area contributed by atoms with Crippen LogP contribution >= 0.6 is 0 Å². The number of carbonyl (C=O) groups is 1. The molecule has 128 valence electrons. The molecule has 1 amide bonds. The molecule has 5 heteroatoms. The van der Waals surface area contributed by atoms with Crippen molar-refractivity contribution in [2.45, 2.75) is 25.8 Å². The third kappa shape index (κ3) is 4.94. The molecule has 1 aromatic carbocycles. The molecule has 1 saturated heterocycles. The van der Waals surface area contributed by atoms with E-state index in [9.17, 15) is 4.79 Å². The zero-order chi connectivity index (χ0) is 16.8. The number of para-hydroxylation sites is 1. The number of rotatable bonds is 6. The van der Waals surface area contributed by atoms with Crippen LogP contribution in [0.25, 0.3) is 0 Å². The first-order chi connectivity index (χ1) is 11.0. The molecular formula is C18H29N3O2. The maximum Gasteiger partial charge on any atom is 0.257 e. The summed E-state index contributed by atoms with van der Waals surface area (Å²) in [4.78, 5) is 16.9. The normalized spacial score (nSPS) is 19.7. The molecular weight excluding hydrogens is 290 g/mol. The number of likely N-dealkylation sites (N-methyl/N-ethyl adjacent to an activating group) is 1. The molecule has 2 unspecified atom stereocenters. The van der Waals surface area contributed by atoms with Crippen LogP contribution in [0.15, 0.2) is 24.3 Å². The van der Waals surface area contributed by atoms with Gasteiger partial charge >= 0.3 is 0 Å². The van der Waals surface area contributed by atoms with Crippen molar-refractivity contribution >= 4 is 5.91 Å². The van der Waals surface area contributed by atoms with Gasteiger partial charge in [0.1, 0.15) is 12.4 Å². The standard InChI is InChI=1S/C18H29N3O2/c1-14(19)15-7-6-10-21(13-15)18(22)16-8-4-5-9-17(16)23-12-11-20(2)3/h4-5,8-9,14-15H,6-7,10-13,19H2,1-3H3. The van der Waals surface area contributed by atoms with Gasteiger partial charge in [0.05, 0.1) is 5.56 Å². The average molecular weight is 319 g/mol. The van der Waals surface area contributed by atoms with Gasteiger partial charge in [0.25, 0.3) is 5.91 Å². The summed E-state index contributed by atoms with van der Waals surface area (Å²) in [6.45, 7) is 4.95. The fourth-order valence-corrected chi connectivity index (χ4v) is 2.90. The number of benzene rings is 1. The fraction of sp³-hybridized carbons (Fsp3) is 0.611. The van der Waals surface area contributed by atoms with Gasteiger partial charge in [0.2, 0.25) is 0 Å². The van der Waals surface area contributed by atoms with Crippen molar-refractivity contribution in [1.82, 2.24) is 9.80 Å². The van der Waals surface area contributed by atoms with Crippen molar-refractivity contribution in [3.8, 4) is 5.75 Å². The van der Waals surface area contributed by atoms with Crippen LogP contribution < -0.4 is 10.5 Å². The van der Waals surface area contributed by atoms with Crippen LogP contribution in [0.3, 0.4) is 0 Å². The van der Waals surface area contributed by atoms with E-state index in [-0.39, 0.29) is 11.9 Å². The van der Waals surface area contributed by atoms with Crippen molar-refractivity contribution in [1.29, 1.82) is 0 Å². The molecule has 2 rings (SSSR count). The number of ether oxygens (including phenoxy) is 1. The molecule has 2 N–H and O–H groups in total. The highest BCUT2D eigenvalue weighted by Gasteiger charge is 2.27. The lowest BCUT2D eigenvalue weighted by molar-refractivity contribution is 0.0656. The van der Waals surface area contributed by atoms with Gasteiger partial charge in [-0.05, 0) is 51.9 Å². The zero-order valence-corrected chi connectivity index (χ0v) is 14.5. The molecule has 0 aliphatic carbocycles. The van der Waals surface area contributed by atoms with Gasteiger partial charge in [-0.1, -0.05) is 12.1 Å². The SMILES string of the molecule is CC(N)C1CCCN(C(=O)c2ccccc2OCCN(C)C)C1. The Kier molecular flexibility index (Phi) is 6.42. The monoisotopic (exact) mass is 319 g/mol. The van der Waals surface area contributed by atoms with E-state index in [1.165, 1.54) is 0 Å². The number of hydrogen-bond donors (Lipinski definition) is 1. The highest BCUT2D eigenvalue weighted by Crippen LogP contribution is 2.24. The summed E-state index contributed by atoms with van der Waals surface area (Å²) in [5, 5.41) is 0. The molecule has 1 aliphatic heterocycles. The average Bonchev–Trinajstić information content (AvgIpc) is 2.54. The van der Waals surface area contributed by atoms with Gasteiger partial charge in [-0.2, -0.15) is 0 Å². The quantitative estimate of drug-likeness (QED) is 0.869. The molecule has 1 fully saturated rings. The summed E-state index contributed by atoms with van der Waals surface area (Å²) in [5.41, 5.74) is 6.67. The number of carbonyl (C=O) groups excluding carboxylic acids is 1. The minimum Gasteiger partial charge on any atom is -0.491 e. The van der Waals surface area contributed by atoms with Crippen LogP contribution in [0.5, 0.6) is 5.75 Å². The Morgan fingerprint density at radius 1 is 1.43 bits per heavy atom. The summed E-state index contributed by atoms with van der Waals surface area (Å²) in [5.74, 6) is 1.10. The first-order valence-electron chi connectivity index (χ1n) is 8.40. The smallest absolute Gasteiger partial charge is 0.257 e. The molecule has 1 heterocycles. The van der Waals surface area contributed by atoms with Crippen LogP contribution in [0.1, 0.15) is 30.1 Å². The number of amides is 1. The van der Waals surface area contributed by atoms with E-state index in [0.29, 0.717) is 23.8 Å². The molecule has 1 aromatic rings. The second kappa shape index (κ2) is 8.31. The Morgan fingerprint density at radius 3 is 2.87 bits per heavy atom. The molecule has 0 radical (unpaired) electrons. The molecule has 23 heavy (non-hydrogen) atoms. The lowest BCUT2D eigenvalue weighted by Gasteiger charge is -2.35. The molecule has 1 aliphatic rings. The molecule has 2 atom stereocenters. The Bertz CT molecular complexity index is 517. The highest BCUT2D eigenvalue weighted by atomic mass is 16.5. The summed E-state index contributed by atoms with van der Waals surface area (Å²) in [6.07, 6.45) is 2.12. The summed E-state index contributed by atoms with van der Waals surface area (Å²) in [6, 6.07) is 7.64. The predicted octanol–water partition coefficient (Wildman–Crippen LogP) is 1.83. The van der Waals surface area contributed by atoms with Crippen LogP contribution in [0, 0.1) is 5.92 Å². The van der Waals surface area contributed by atoms with Gasteiger partial charge in [-0.25, -0.2) is 0 Å². The van der Waals surface area contributed by atoms with Crippen molar-refractivity contribution < 1.29 is 9.53 Å². The Labute approximate surface area is 139 Å². The first-order valence-corrected chi connectivity index (χ1v) is 8.40. The van der Waals surface area contributed by atoms with E-state index < -0.39 is 0 Å². The summed E-state index contributed by atoms with van der Waals surface area (Å²) in [7, 11) is 4.00. The van der Waals surface area contributed by atoms with E-state index in [2.05, 4.69) is 4.90 Å². The van der Waals surface area contributed by atoms with Crippen LogP contribution in [-0.4, -0.2) is 62.1 Å². The lowest BCUT2D eigenvalue weighted by Crippen LogP contribution is -2.45. The maximum absolute atomic E-state index is 12.9. The van der Waals surface area contributed by atoms with Gasteiger partial charge in [-0.15, -0.1) is 0 Å². The van der Waals surface area contributed by atoms with Crippen molar-refractivity contribution in [2.75, 3.05) is 40.3 Å². The number of nitrogens with zero attached hydrogens (tertiary/aromatic N) is 2. The molecule has 5 nitrogen and oxygen atoms in total. The van der Waals surface area contributed by atoms with Crippen LogP contribution in [0.2, 0.25) is 0 Å². The Morgan fingerprint density at radius 2 is 2.17 bits per heavy atom. The van der Waals surface area contributed by atoms with E-state index in [1.807, 2.05) is 50.2 Å². The molecule has 0 bridgehead atoms. The van der Waals surface area contributed by atoms with E-state index in [0.717, 1.165) is 32.5 Å².